The molecule has 5 aromatic rings. The Morgan fingerprint density at radius 2 is 1.82 bits per heavy atom. The Morgan fingerprint density at radius 1 is 1.09 bits per heavy atom. The van der Waals surface area contributed by atoms with Crippen LogP contribution in [0.2, 0.25) is 0 Å². The van der Waals surface area contributed by atoms with Crippen molar-refractivity contribution >= 4 is 33.8 Å². The van der Waals surface area contributed by atoms with Crippen LogP contribution in [-0.4, -0.2) is 29.5 Å². The van der Waals surface area contributed by atoms with Crippen molar-refractivity contribution in [3.8, 4) is 5.69 Å². The largest absolute Gasteiger partial charge is 0.368 e. The number of hydrogen-bond acceptors (Lipinski definition) is 7. The van der Waals surface area contributed by atoms with Crippen molar-refractivity contribution < 1.29 is 8.78 Å². The van der Waals surface area contributed by atoms with E-state index in [1.807, 2.05) is 0 Å². The average Bonchev–Trinajstić information content (AvgIpc) is 3.23. The van der Waals surface area contributed by atoms with E-state index in [0.717, 1.165) is 16.7 Å². The lowest BCUT2D eigenvalue weighted by molar-refractivity contribution is 0.558. The lowest BCUT2D eigenvalue weighted by atomic mass is 10.1. The molecule has 0 bridgehead atoms. The summed E-state index contributed by atoms with van der Waals surface area (Å²) in [4.78, 5) is 33.4. The van der Waals surface area contributed by atoms with Gasteiger partial charge in [0.05, 0.1) is 23.3 Å². The number of fused-ring (bicyclic) bond motifs is 2. The van der Waals surface area contributed by atoms with Gasteiger partial charge in [0.2, 0.25) is 5.95 Å². The molecule has 5 rings (SSSR count). The monoisotopic (exact) mass is 448 g/mol. The highest BCUT2D eigenvalue weighted by Gasteiger charge is 2.24. The number of nitrogens with one attached hydrogen (secondary N) is 2. The molecule has 2 aromatic carbocycles. The van der Waals surface area contributed by atoms with E-state index in [0.29, 0.717) is 28.1 Å². The summed E-state index contributed by atoms with van der Waals surface area (Å²) in [5.41, 5.74) is 6.58. The number of nitrogen functional groups attached to an aromatic ring is 1. The lowest BCUT2D eigenvalue weighted by Crippen LogP contribution is -2.29. The van der Waals surface area contributed by atoms with Crippen LogP contribution in [0.1, 0.15) is 24.4 Å². The first kappa shape index (κ1) is 20.5. The van der Waals surface area contributed by atoms with Crippen molar-refractivity contribution in [2.24, 2.45) is 0 Å². The number of nitrogens with two attached hydrogens (primary N) is 1. The second kappa shape index (κ2) is 7.62. The molecule has 3 aromatic heterocycles. The summed E-state index contributed by atoms with van der Waals surface area (Å²) in [6.07, 6.45) is 1.44. The van der Waals surface area contributed by atoms with Gasteiger partial charge in [-0.3, -0.25) is 9.36 Å². The van der Waals surface area contributed by atoms with Crippen LogP contribution in [0.25, 0.3) is 27.8 Å². The summed E-state index contributed by atoms with van der Waals surface area (Å²) >= 11 is 0. The zero-order valence-corrected chi connectivity index (χ0v) is 17.6. The molecule has 9 nitrogen and oxygen atoms in total. The zero-order chi connectivity index (χ0) is 23.3. The van der Waals surface area contributed by atoms with Gasteiger partial charge >= 0.3 is 0 Å². The Bertz CT molecular complexity index is 1570. The second-order valence-corrected chi connectivity index (χ2v) is 7.55. The zero-order valence-electron chi connectivity index (χ0n) is 17.6. The van der Waals surface area contributed by atoms with E-state index >= 15 is 0 Å². The first-order chi connectivity index (χ1) is 15.8. The molecule has 0 spiro atoms. The lowest BCUT2D eigenvalue weighted by Gasteiger charge is -2.21. The van der Waals surface area contributed by atoms with Gasteiger partial charge in [-0.2, -0.15) is 9.97 Å². The summed E-state index contributed by atoms with van der Waals surface area (Å²) in [5, 5.41) is 3.39. The number of aromatic nitrogens is 6. The fraction of sp³-hybridized carbons (Fsp3) is 0.136. The summed E-state index contributed by atoms with van der Waals surface area (Å²) < 4.78 is 30.6. The number of aryl methyl sites for hydroxylation is 1. The molecule has 0 radical (unpaired) electrons. The minimum atomic E-state index is -0.887. The number of imidazole rings is 1. The molecule has 3 heterocycles. The number of hydrogen-bond donors (Lipinski definition) is 3. The Kier molecular flexibility index (Phi) is 4.73. The molecule has 0 saturated heterocycles. The van der Waals surface area contributed by atoms with Gasteiger partial charge in [0, 0.05) is 0 Å². The van der Waals surface area contributed by atoms with Crippen LogP contribution in [0.4, 0.5) is 20.5 Å². The molecule has 0 saturated carbocycles. The minimum Gasteiger partial charge on any atom is -0.368 e. The van der Waals surface area contributed by atoms with Gasteiger partial charge in [0.15, 0.2) is 11.5 Å². The van der Waals surface area contributed by atoms with Gasteiger partial charge < -0.3 is 16.0 Å². The van der Waals surface area contributed by atoms with Crippen LogP contribution in [0, 0.1) is 18.6 Å². The molecule has 1 atom stereocenters. The number of aromatic amines is 1. The van der Waals surface area contributed by atoms with Gasteiger partial charge in [-0.05, 0) is 37.6 Å². The van der Waals surface area contributed by atoms with Crippen molar-refractivity contribution in [3.05, 3.63) is 76.1 Å². The molecule has 0 aliphatic carbocycles. The topological polar surface area (TPSA) is 127 Å². The number of halogens is 2. The number of anilines is 2. The van der Waals surface area contributed by atoms with Gasteiger partial charge in [-0.1, -0.05) is 18.2 Å². The molecule has 4 N–H and O–H groups in total. The number of nitrogens with zero attached hydrogens (tertiary/aromatic N) is 5. The van der Waals surface area contributed by atoms with E-state index in [2.05, 4.69) is 30.2 Å². The van der Waals surface area contributed by atoms with Crippen molar-refractivity contribution in [2.75, 3.05) is 11.1 Å². The fourth-order valence-electron chi connectivity index (χ4n) is 3.85. The molecule has 0 fully saturated rings. The molecule has 0 aliphatic rings. The van der Waals surface area contributed by atoms with E-state index in [-0.39, 0.29) is 17.2 Å². The smallest absolute Gasteiger partial charge is 0.266 e. The minimum absolute atomic E-state index is 0.0102. The highest BCUT2D eigenvalue weighted by molar-refractivity contribution is 5.84. The van der Waals surface area contributed by atoms with Crippen LogP contribution in [-0.2, 0) is 0 Å². The first-order valence-corrected chi connectivity index (χ1v) is 10.0. The average molecular weight is 448 g/mol. The third-order valence-electron chi connectivity index (χ3n) is 5.34. The Labute approximate surface area is 185 Å². The maximum atomic E-state index is 14.8. The molecule has 166 valence electrons. The number of rotatable bonds is 4. The van der Waals surface area contributed by atoms with Gasteiger partial charge in [0.1, 0.15) is 28.7 Å². The molecular weight excluding hydrogens is 430 g/mol. The molecular formula is C22H18F2N8O. The third kappa shape index (κ3) is 3.34. The van der Waals surface area contributed by atoms with Crippen LogP contribution in [0.15, 0.2) is 47.5 Å². The standard InChI is InChI=1S/C22H18F2N8O/c1-10-5-3-8-14-15(10)21(33)32(17-12(23)6-4-7-13(17)24)20(29-14)11(2)28-19-16-18(27-9-26-16)30-22(25)31-19/h3-9,11H,1-2H3,(H4,25,26,27,28,30,31). The molecule has 33 heavy (non-hydrogen) atoms. The maximum Gasteiger partial charge on any atom is 0.266 e. The summed E-state index contributed by atoms with van der Waals surface area (Å²) in [6, 6.07) is 7.88. The van der Waals surface area contributed by atoms with Gasteiger partial charge in [-0.25, -0.2) is 18.7 Å². The first-order valence-electron chi connectivity index (χ1n) is 10.0. The number of benzene rings is 2. The van der Waals surface area contributed by atoms with E-state index in [1.165, 1.54) is 12.4 Å². The highest BCUT2D eigenvalue weighted by Crippen LogP contribution is 2.27. The maximum absolute atomic E-state index is 14.8. The molecule has 0 aliphatic heterocycles. The van der Waals surface area contributed by atoms with Crippen molar-refractivity contribution in [2.45, 2.75) is 19.9 Å². The summed E-state index contributed by atoms with van der Waals surface area (Å²) in [5.74, 6) is -1.39. The number of para-hydroxylation sites is 1. The van der Waals surface area contributed by atoms with E-state index in [9.17, 15) is 13.6 Å². The molecule has 1 unspecified atom stereocenters. The van der Waals surface area contributed by atoms with Crippen LogP contribution >= 0.6 is 0 Å². The Hall–Kier alpha value is -4.41. The normalized spacial score (nSPS) is 12.4. The van der Waals surface area contributed by atoms with E-state index < -0.39 is 28.9 Å². The van der Waals surface area contributed by atoms with E-state index in [1.54, 1.807) is 32.0 Å². The predicted molar refractivity (Wildman–Crippen MR) is 120 cm³/mol. The summed E-state index contributed by atoms with van der Waals surface area (Å²) in [6.45, 7) is 3.44. The SMILES string of the molecule is Cc1cccc2nc(C(C)Nc3nc(N)nc4nc[nH]c34)n(-c3c(F)cccc3F)c(=O)c12. The van der Waals surface area contributed by atoms with Crippen LogP contribution < -0.4 is 16.6 Å². The molecule has 11 heteroatoms. The van der Waals surface area contributed by atoms with E-state index in [4.69, 9.17) is 5.73 Å². The Balaban J connectivity index is 1.76. The fourth-order valence-corrected chi connectivity index (χ4v) is 3.85. The van der Waals surface area contributed by atoms with Crippen LogP contribution in [0.5, 0.6) is 0 Å². The van der Waals surface area contributed by atoms with Crippen LogP contribution in [0.3, 0.4) is 0 Å². The van der Waals surface area contributed by atoms with Gasteiger partial charge in [-0.15, -0.1) is 0 Å². The summed E-state index contributed by atoms with van der Waals surface area (Å²) in [7, 11) is 0. The quantitative estimate of drug-likeness (QED) is 0.384. The third-order valence-corrected chi connectivity index (χ3v) is 5.34. The van der Waals surface area contributed by atoms with Crippen molar-refractivity contribution in [1.82, 2.24) is 29.5 Å². The Morgan fingerprint density at radius 3 is 2.58 bits per heavy atom. The van der Waals surface area contributed by atoms with Crippen molar-refractivity contribution in [1.29, 1.82) is 0 Å². The van der Waals surface area contributed by atoms with Gasteiger partial charge in [0.25, 0.3) is 5.56 Å². The predicted octanol–water partition coefficient (Wildman–Crippen LogP) is 3.39. The van der Waals surface area contributed by atoms with Crippen molar-refractivity contribution in [3.63, 3.8) is 0 Å². The number of H-pyrrole nitrogens is 1. The molecule has 0 amide bonds. The second-order valence-electron chi connectivity index (χ2n) is 7.55. The highest BCUT2D eigenvalue weighted by atomic mass is 19.1.